The fourth-order valence-electron chi connectivity index (χ4n) is 1.96. The number of hydrogen-bond acceptors (Lipinski definition) is 2. The molecule has 1 unspecified atom stereocenters. The maximum absolute atomic E-state index is 10.3. The van der Waals surface area contributed by atoms with Crippen LogP contribution in [0.5, 0.6) is 0 Å². The van der Waals surface area contributed by atoms with Crippen molar-refractivity contribution in [1.29, 1.82) is 0 Å². The van der Waals surface area contributed by atoms with E-state index in [1.807, 2.05) is 0 Å². The second kappa shape index (κ2) is 4.39. The molecule has 1 aliphatic carbocycles. The maximum Gasteiger partial charge on any atom is 0.0959 e. The fourth-order valence-corrected chi connectivity index (χ4v) is 1.96. The fraction of sp³-hybridized carbons (Fsp3) is 0.800. The highest BCUT2D eigenvalue weighted by atomic mass is 16.3. The van der Waals surface area contributed by atoms with Gasteiger partial charge < -0.3 is 0 Å². The first-order chi connectivity index (χ1) is 5.81. The van der Waals surface area contributed by atoms with Crippen LogP contribution < -0.4 is 0 Å². The van der Waals surface area contributed by atoms with E-state index < -0.39 is 0 Å². The van der Waals surface area contributed by atoms with Gasteiger partial charge in [-0.15, -0.1) is 0 Å². The topological polar surface area (TPSA) is 29.4 Å². The molecule has 2 heteroatoms. The molecular weight excluding hydrogens is 150 g/mol. The van der Waals surface area contributed by atoms with Gasteiger partial charge in [-0.05, 0) is 32.1 Å². The van der Waals surface area contributed by atoms with Crippen molar-refractivity contribution in [3.05, 3.63) is 16.1 Å². The van der Waals surface area contributed by atoms with Crippen LogP contribution in [0.2, 0.25) is 0 Å². The Morgan fingerprint density at radius 2 is 2.00 bits per heavy atom. The average molecular weight is 167 g/mol. The first-order valence-electron chi connectivity index (χ1n) is 4.84. The summed E-state index contributed by atoms with van der Waals surface area (Å²) >= 11 is 0. The van der Waals surface area contributed by atoms with Gasteiger partial charge in [0.15, 0.2) is 0 Å². The minimum absolute atomic E-state index is 0.0650. The molecule has 0 heterocycles. The Hall–Kier alpha value is -0.660. The minimum Gasteiger partial charge on any atom is -0.151 e. The summed E-state index contributed by atoms with van der Waals surface area (Å²) in [5, 5.41) is 3.13. The van der Waals surface area contributed by atoms with E-state index in [0.717, 1.165) is 32.1 Å². The van der Waals surface area contributed by atoms with Crippen molar-refractivity contribution >= 4 is 0 Å². The number of allylic oxidation sites excluding steroid dienone is 1. The van der Waals surface area contributed by atoms with E-state index in [1.165, 1.54) is 5.57 Å². The molecule has 12 heavy (non-hydrogen) atoms. The summed E-state index contributed by atoms with van der Waals surface area (Å²) in [5.41, 5.74) is 3.05. The van der Waals surface area contributed by atoms with Gasteiger partial charge in [0, 0.05) is 0 Å². The summed E-state index contributed by atoms with van der Waals surface area (Å²) < 4.78 is 0. The van der Waals surface area contributed by atoms with E-state index in [-0.39, 0.29) is 6.04 Å². The van der Waals surface area contributed by atoms with E-state index >= 15 is 0 Å². The zero-order chi connectivity index (χ0) is 8.97. The lowest BCUT2D eigenvalue weighted by atomic mass is 9.86. The molecule has 0 aromatic rings. The molecule has 0 aliphatic heterocycles. The zero-order valence-electron chi connectivity index (χ0n) is 7.97. The third kappa shape index (κ3) is 1.93. The van der Waals surface area contributed by atoms with Crippen LogP contribution in [-0.2, 0) is 0 Å². The SMILES string of the molecule is CCC1=C(CC)CC(N=O)CC1. The normalized spacial score (nSPS) is 24.3. The van der Waals surface area contributed by atoms with Gasteiger partial charge in [0.1, 0.15) is 0 Å². The third-order valence-electron chi connectivity index (χ3n) is 2.76. The summed E-state index contributed by atoms with van der Waals surface area (Å²) in [4.78, 5) is 10.3. The number of hydrogen-bond donors (Lipinski definition) is 0. The molecule has 1 atom stereocenters. The van der Waals surface area contributed by atoms with Crippen molar-refractivity contribution in [3.8, 4) is 0 Å². The predicted molar refractivity (Wildman–Crippen MR) is 51.0 cm³/mol. The number of nitroso groups, excluding NO2 is 1. The van der Waals surface area contributed by atoms with Gasteiger partial charge in [0.25, 0.3) is 0 Å². The monoisotopic (exact) mass is 167 g/mol. The van der Waals surface area contributed by atoms with Gasteiger partial charge >= 0.3 is 0 Å². The second-order valence-electron chi connectivity index (χ2n) is 3.42. The van der Waals surface area contributed by atoms with Gasteiger partial charge in [-0.25, -0.2) is 0 Å². The first kappa shape index (κ1) is 9.43. The van der Waals surface area contributed by atoms with Gasteiger partial charge in [-0.3, -0.25) is 0 Å². The molecule has 1 aliphatic rings. The number of rotatable bonds is 3. The summed E-state index contributed by atoms with van der Waals surface area (Å²) in [5.74, 6) is 0. The molecule has 0 aromatic heterocycles. The van der Waals surface area contributed by atoms with Gasteiger partial charge in [0.05, 0.1) is 6.04 Å². The van der Waals surface area contributed by atoms with Crippen LogP contribution >= 0.6 is 0 Å². The van der Waals surface area contributed by atoms with Crippen LogP contribution in [0.15, 0.2) is 16.3 Å². The molecule has 0 saturated heterocycles. The summed E-state index contributed by atoms with van der Waals surface area (Å²) in [6.45, 7) is 4.36. The number of nitrogens with zero attached hydrogens (tertiary/aromatic N) is 1. The summed E-state index contributed by atoms with van der Waals surface area (Å²) in [7, 11) is 0. The van der Waals surface area contributed by atoms with Crippen molar-refractivity contribution in [2.75, 3.05) is 0 Å². The van der Waals surface area contributed by atoms with Crippen molar-refractivity contribution < 1.29 is 0 Å². The third-order valence-corrected chi connectivity index (χ3v) is 2.76. The highest BCUT2D eigenvalue weighted by molar-refractivity contribution is 5.18. The van der Waals surface area contributed by atoms with E-state index in [2.05, 4.69) is 19.0 Å². The van der Waals surface area contributed by atoms with E-state index in [1.54, 1.807) is 5.57 Å². The molecule has 0 radical (unpaired) electrons. The molecule has 0 bridgehead atoms. The summed E-state index contributed by atoms with van der Waals surface area (Å²) in [6, 6.07) is 0.0650. The Morgan fingerprint density at radius 1 is 1.33 bits per heavy atom. The largest absolute Gasteiger partial charge is 0.151 e. The molecule has 0 saturated carbocycles. The Labute approximate surface area is 74.0 Å². The smallest absolute Gasteiger partial charge is 0.0959 e. The van der Waals surface area contributed by atoms with Gasteiger partial charge in [0.2, 0.25) is 0 Å². The lowest BCUT2D eigenvalue weighted by Gasteiger charge is -2.21. The van der Waals surface area contributed by atoms with Crippen LogP contribution in [0.1, 0.15) is 46.0 Å². The molecule has 0 fully saturated rings. The average Bonchev–Trinajstić information content (AvgIpc) is 2.16. The van der Waals surface area contributed by atoms with E-state index in [9.17, 15) is 4.91 Å². The first-order valence-corrected chi connectivity index (χ1v) is 4.84. The molecule has 0 aromatic carbocycles. The molecule has 2 nitrogen and oxygen atoms in total. The van der Waals surface area contributed by atoms with E-state index in [4.69, 9.17) is 0 Å². The van der Waals surface area contributed by atoms with Gasteiger partial charge in [-0.1, -0.05) is 30.2 Å². The molecule has 0 spiro atoms. The lowest BCUT2D eigenvalue weighted by molar-refractivity contribution is 0.549. The van der Waals surface area contributed by atoms with Crippen LogP contribution in [0.25, 0.3) is 0 Å². The Bertz CT molecular complexity index is 196. The Balaban J connectivity index is 2.69. The molecule has 68 valence electrons. The van der Waals surface area contributed by atoms with Gasteiger partial charge in [-0.2, -0.15) is 4.91 Å². The minimum atomic E-state index is 0.0650. The van der Waals surface area contributed by atoms with Crippen LogP contribution in [0, 0.1) is 4.91 Å². The molecule has 0 amide bonds. The van der Waals surface area contributed by atoms with E-state index in [0.29, 0.717) is 0 Å². The van der Waals surface area contributed by atoms with Crippen molar-refractivity contribution in [2.45, 2.75) is 52.0 Å². The Morgan fingerprint density at radius 3 is 2.50 bits per heavy atom. The quantitative estimate of drug-likeness (QED) is 0.467. The molecular formula is C10H17NO. The lowest BCUT2D eigenvalue weighted by Crippen LogP contribution is -2.12. The Kier molecular flexibility index (Phi) is 3.45. The highest BCUT2D eigenvalue weighted by Gasteiger charge is 2.18. The van der Waals surface area contributed by atoms with Crippen molar-refractivity contribution in [2.24, 2.45) is 5.18 Å². The highest BCUT2D eigenvalue weighted by Crippen LogP contribution is 2.30. The van der Waals surface area contributed by atoms with Crippen molar-refractivity contribution in [1.82, 2.24) is 0 Å². The molecule has 0 N–H and O–H groups in total. The second-order valence-corrected chi connectivity index (χ2v) is 3.42. The summed E-state index contributed by atoms with van der Waals surface area (Å²) in [6.07, 6.45) is 5.22. The van der Waals surface area contributed by atoms with Crippen molar-refractivity contribution in [3.63, 3.8) is 0 Å². The van der Waals surface area contributed by atoms with Crippen LogP contribution in [0.4, 0.5) is 0 Å². The standard InChI is InChI=1S/C10H17NO/c1-3-8-5-6-10(11-12)7-9(8)4-2/h10H,3-7H2,1-2H3. The molecule has 1 rings (SSSR count). The maximum atomic E-state index is 10.3. The van der Waals surface area contributed by atoms with Crippen LogP contribution in [-0.4, -0.2) is 6.04 Å². The zero-order valence-corrected chi connectivity index (χ0v) is 7.97. The predicted octanol–water partition coefficient (Wildman–Crippen LogP) is 3.42. The van der Waals surface area contributed by atoms with Crippen LogP contribution in [0.3, 0.4) is 0 Å².